The summed E-state index contributed by atoms with van der Waals surface area (Å²) in [4.78, 5) is 0. The van der Waals surface area contributed by atoms with Crippen molar-refractivity contribution in [2.45, 2.75) is 71.3 Å². The monoisotopic (exact) mass is 240 g/mol. The minimum absolute atomic E-state index is 0.618. The molecule has 2 nitrogen and oxygen atoms in total. The molecule has 0 aromatic heterocycles. The third-order valence-corrected chi connectivity index (χ3v) is 3.90. The molecule has 1 rings (SSSR count). The third kappa shape index (κ3) is 7.77. The lowest BCUT2D eigenvalue weighted by Crippen LogP contribution is -2.37. The summed E-state index contributed by atoms with van der Waals surface area (Å²) >= 11 is 0. The molecule has 0 aromatic carbocycles. The van der Waals surface area contributed by atoms with Crippen molar-refractivity contribution in [3.05, 3.63) is 0 Å². The molecule has 1 aliphatic carbocycles. The molecule has 17 heavy (non-hydrogen) atoms. The molecule has 2 heteroatoms. The maximum absolute atomic E-state index is 3.65. The Balaban J connectivity index is 1.97. The summed E-state index contributed by atoms with van der Waals surface area (Å²) in [5, 5.41) is 7.12. The fraction of sp³-hybridized carbons (Fsp3) is 1.00. The van der Waals surface area contributed by atoms with Gasteiger partial charge in [0.15, 0.2) is 0 Å². The topological polar surface area (TPSA) is 24.1 Å². The summed E-state index contributed by atoms with van der Waals surface area (Å²) in [6, 6.07) is 0.618. The quantitative estimate of drug-likeness (QED) is 0.502. The van der Waals surface area contributed by atoms with Gasteiger partial charge >= 0.3 is 0 Å². The van der Waals surface area contributed by atoms with Crippen LogP contribution in [0.15, 0.2) is 0 Å². The predicted molar refractivity (Wildman–Crippen MR) is 76.4 cm³/mol. The average molecular weight is 240 g/mol. The molecule has 0 saturated heterocycles. The molecule has 102 valence electrons. The zero-order valence-corrected chi connectivity index (χ0v) is 11.9. The van der Waals surface area contributed by atoms with Crippen LogP contribution in [-0.4, -0.2) is 25.7 Å². The van der Waals surface area contributed by atoms with Crippen LogP contribution < -0.4 is 10.6 Å². The second kappa shape index (κ2) is 9.90. The molecular weight excluding hydrogens is 208 g/mol. The van der Waals surface area contributed by atoms with Gasteiger partial charge in [-0.1, -0.05) is 45.4 Å². The summed E-state index contributed by atoms with van der Waals surface area (Å²) < 4.78 is 0. The van der Waals surface area contributed by atoms with E-state index in [1.807, 2.05) is 0 Å². The molecule has 0 aromatic rings. The first-order valence-electron chi connectivity index (χ1n) is 7.77. The van der Waals surface area contributed by atoms with Crippen LogP contribution >= 0.6 is 0 Å². The van der Waals surface area contributed by atoms with Crippen LogP contribution in [-0.2, 0) is 0 Å². The highest BCUT2D eigenvalue weighted by Gasteiger charge is 2.12. The van der Waals surface area contributed by atoms with Gasteiger partial charge in [-0.15, -0.1) is 0 Å². The number of hydrogen-bond acceptors (Lipinski definition) is 2. The van der Waals surface area contributed by atoms with E-state index < -0.39 is 0 Å². The Morgan fingerprint density at radius 1 is 1.06 bits per heavy atom. The van der Waals surface area contributed by atoms with Crippen molar-refractivity contribution >= 4 is 0 Å². The van der Waals surface area contributed by atoms with Gasteiger partial charge in [0.05, 0.1) is 0 Å². The fourth-order valence-electron chi connectivity index (χ4n) is 2.75. The molecule has 0 spiro atoms. The van der Waals surface area contributed by atoms with Crippen molar-refractivity contribution < 1.29 is 0 Å². The van der Waals surface area contributed by atoms with E-state index >= 15 is 0 Å². The zero-order chi connectivity index (χ0) is 12.3. The van der Waals surface area contributed by atoms with Gasteiger partial charge < -0.3 is 10.6 Å². The molecule has 0 radical (unpaired) electrons. The lowest BCUT2D eigenvalue weighted by atomic mass is 9.96. The molecule has 1 aliphatic rings. The summed E-state index contributed by atoms with van der Waals surface area (Å²) in [6.07, 6.45) is 11.5. The zero-order valence-electron chi connectivity index (χ0n) is 11.9. The lowest BCUT2D eigenvalue weighted by molar-refractivity contribution is 0.396. The molecule has 2 N–H and O–H groups in total. The van der Waals surface area contributed by atoms with E-state index in [1.54, 1.807) is 0 Å². The van der Waals surface area contributed by atoms with Crippen LogP contribution in [0.4, 0.5) is 0 Å². The van der Waals surface area contributed by atoms with Crippen LogP contribution in [0.25, 0.3) is 0 Å². The summed E-state index contributed by atoms with van der Waals surface area (Å²) in [5.41, 5.74) is 0. The van der Waals surface area contributed by atoms with E-state index in [0.717, 1.165) is 19.0 Å². The van der Waals surface area contributed by atoms with Crippen LogP contribution in [0, 0.1) is 5.92 Å². The van der Waals surface area contributed by atoms with Gasteiger partial charge in [-0.05, 0) is 38.8 Å². The van der Waals surface area contributed by atoms with E-state index in [9.17, 15) is 0 Å². The first-order chi connectivity index (χ1) is 8.33. The minimum atomic E-state index is 0.618. The van der Waals surface area contributed by atoms with Crippen LogP contribution in [0.3, 0.4) is 0 Å². The maximum atomic E-state index is 3.65. The smallest absolute Gasteiger partial charge is 0.0164 e. The van der Waals surface area contributed by atoms with Gasteiger partial charge in [-0.2, -0.15) is 0 Å². The second-order valence-electron chi connectivity index (χ2n) is 5.71. The minimum Gasteiger partial charge on any atom is -0.315 e. The normalized spacial score (nSPS) is 20.1. The summed E-state index contributed by atoms with van der Waals surface area (Å²) in [5.74, 6) is 1.00. The molecule has 0 heterocycles. The summed E-state index contributed by atoms with van der Waals surface area (Å²) in [6.45, 7) is 7.97. The van der Waals surface area contributed by atoms with Gasteiger partial charge in [0.1, 0.15) is 0 Å². The lowest BCUT2D eigenvalue weighted by Gasteiger charge is -2.18. The molecule has 0 bridgehead atoms. The Morgan fingerprint density at radius 3 is 2.41 bits per heavy atom. The highest BCUT2D eigenvalue weighted by Crippen LogP contribution is 2.24. The van der Waals surface area contributed by atoms with E-state index in [4.69, 9.17) is 0 Å². The van der Waals surface area contributed by atoms with Crippen LogP contribution in [0.2, 0.25) is 0 Å². The van der Waals surface area contributed by atoms with Crippen molar-refractivity contribution in [1.29, 1.82) is 0 Å². The van der Waals surface area contributed by atoms with Gasteiger partial charge in [0.2, 0.25) is 0 Å². The molecular formula is C15H32N2. The average Bonchev–Trinajstić information content (AvgIpc) is 2.58. The van der Waals surface area contributed by atoms with E-state index in [2.05, 4.69) is 24.5 Å². The third-order valence-electron chi connectivity index (χ3n) is 3.90. The Morgan fingerprint density at radius 2 is 1.76 bits per heavy atom. The van der Waals surface area contributed by atoms with Gasteiger partial charge in [0.25, 0.3) is 0 Å². The van der Waals surface area contributed by atoms with E-state index in [0.29, 0.717) is 6.04 Å². The Hall–Kier alpha value is -0.0800. The number of nitrogens with one attached hydrogen (secondary N) is 2. The second-order valence-corrected chi connectivity index (χ2v) is 5.71. The Labute approximate surface area is 108 Å². The van der Waals surface area contributed by atoms with E-state index in [1.165, 1.54) is 57.9 Å². The van der Waals surface area contributed by atoms with Crippen molar-refractivity contribution in [3.8, 4) is 0 Å². The molecule has 1 fully saturated rings. The fourth-order valence-corrected chi connectivity index (χ4v) is 2.75. The Kier molecular flexibility index (Phi) is 8.72. The first-order valence-corrected chi connectivity index (χ1v) is 7.77. The van der Waals surface area contributed by atoms with Crippen LogP contribution in [0.1, 0.15) is 65.2 Å². The van der Waals surface area contributed by atoms with Gasteiger partial charge in [-0.3, -0.25) is 0 Å². The van der Waals surface area contributed by atoms with Gasteiger partial charge in [0, 0.05) is 12.6 Å². The number of rotatable bonds is 8. The molecule has 1 saturated carbocycles. The largest absolute Gasteiger partial charge is 0.315 e. The molecule has 1 atom stereocenters. The van der Waals surface area contributed by atoms with Crippen molar-refractivity contribution in [2.24, 2.45) is 5.92 Å². The van der Waals surface area contributed by atoms with Crippen molar-refractivity contribution in [2.75, 3.05) is 19.6 Å². The highest BCUT2D eigenvalue weighted by molar-refractivity contribution is 4.68. The predicted octanol–water partition coefficient (Wildman–Crippen LogP) is 3.32. The van der Waals surface area contributed by atoms with Crippen molar-refractivity contribution in [1.82, 2.24) is 10.6 Å². The first kappa shape index (κ1) is 15.0. The highest BCUT2D eigenvalue weighted by atomic mass is 15.0. The van der Waals surface area contributed by atoms with E-state index in [-0.39, 0.29) is 0 Å². The standard InChI is InChI=1S/C15H32N2/c1-3-11-16-13-14(2)17-12-10-15-8-6-4-5-7-9-15/h14-17H,3-13H2,1-2H3. The summed E-state index contributed by atoms with van der Waals surface area (Å²) in [7, 11) is 0. The molecule has 0 amide bonds. The molecule has 0 aliphatic heterocycles. The maximum Gasteiger partial charge on any atom is 0.0164 e. The Bertz CT molecular complexity index is 162. The number of hydrogen-bond donors (Lipinski definition) is 2. The SMILES string of the molecule is CCCNCC(C)NCCC1CCCCCC1. The van der Waals surface area contributed by atoms with Gasteiger partial charge in [-0.25, -0.2) is 0 Å². The van der Waals surface area contributed by atoms with Crippen molar-refractivity contribution in [3.63, 3.8) is 0 Å². The van der Waals surface area contributed by atoms with Crippen LogP contribution in [0.5, 0.6) is 0 Å². The molecule has 1 unspecified atom stereocenters.